The van der Waals surface area contributed by atoms with Crippen LogP contribution in [0.25, 0.3) is 0 Å². The first kappa shape index (κ1) is 22.4. The second-order valence-electron chi connectivity index (χ2n) is 6.90. The highest BCUT2D eigenvalue weighted by atomic mass is 16.1. The van der Waals surface area contributed by atoms with Crippen LogP contribution < -0.4 is 11.1 Å². The minimum atomic E-state index is 0.157. The van der Waals surface area contributed by atoms with Crippen molar-refractivity contribution in [2.45, 2.75) is 116 Å². The molecule has 0 aromatic carbocycles. The predicted molar refractivity (Wildman–Crippen MR) is 102 cm³/mol. The summed E-state index contributed by atoms with van der Waals surface area (Å²) in [7, 11) is 0. The molecule has 23 heavy (non-hydrogen) atoms. The molecular weight excluding hydrogens is 284 g/mol. The van der Waals surface area contributed by atoms with Crippen LogP contribution in [0.1, 0.15) is 110 Å². The number of rotatable bonds is 17. The molecule has 0 aliphatic carbocycles. The smallest absolute Gasteiger partial charge is 0.220 e. The molecule has 0 spiro atoms. The van der Waals surface area contributed by atoms with Gasteiger partial charge >= 0.3 is 0 Å². The molecule has 0 aromatic heterocycles. The van der Waals surface area contributed by atoms with Crippen LogP contribution in [0.3, 0.4) is 0 Å². The van der Waals surface area contributed by atoms with Crippen LogP contribution >= 0.6 is 0 Å². The quantitative estimate of drug-likeness (QED) is 0.355. The van der Waals surface area contributed by atoms with E-state index in [2.05, 4.69) is 19.2 Å². The lowest BCUT2D eigenvalue weighted by Crippen LogP contribution is -2.39. The average molecular weight is 327 g/mol. The van der Waals surface area contributed by atoms with Gasteiger partial charge in [-0.25, -0.2) is 0 Å². The maximum absolute atomic E-state index is 11.7. The molecule has 0 aliphatic heterocycles. The summed E-state index contributed by atoms with van der Waals surface area (Å²) in [5, 5.41) is 3.00. The molecule has 0 rings (SSSR count). The van der Waals surface area contributed by atoms with Gasteiger partial charge in [-0.15, -0.1) is 0 Å². The topological polar surface area (TPSA) is 55.1 Å². The van der Waals surface area contributed by atoms with Crippen molar-refractivity contribution >= 4 is 5.91 Å². The molecule has 138 valence electrons. The second-order valence-corrected chi connectivity index (χ2v) is 6.90. The molecule has 0 fully saturated rings. The molecular formula is C20H42N2O. The van der Waals surface area contributed by atoms with Gasteiger partial charge in [-0.05, 0) is 12.8 Å². The van der Waals surface area contributed by atoms with Gasteiger partial charge in [-0.2, -0.15) is 0 Å². The first-order valence-corrected chi connectivity index (χ1v) is 10.2. The van der Waals surface area contributed by atoms with Crippen molar-refractivity contribution in [1.29, 1.82) is 0 Å². The fraction of sp³-hybridized carbons (Fsp3) is 0.950. The summed E-state index contributed by atoms with van der Waals surface area (Å²) in [6.07, 6.45) is 19.0. The van der Waals surface area contributed by atoms with E-state index in [-0.39, 0.29) is 11.9 Å². The molecule has 0 radical (unpaired) electrons. The van der Waals surface area contributed by atoms with E-state index >= 15 is 0 Å². The Labute approximate surface area is 145 Å². The summed E-state index contributed by atoms with van der Waals surface area (Å²) in [5.74, 6) is 0.172. The highest BCUT2D eigenvalue weighted by Crippen LogP contribution is 2.12. The Morgan fingerprint density at radius 1 is 0.783 bits per heavy atom. The monoisotopic (exact) mass is 326 g/mol. The Bertz CT molecular complexity index is 252. The van der Waals surface area contributed by atoms with Crippen molar-refractivity contribution in [1.82, 2.24) is 5.32 Å². The molecule has 0 heterocycles. The van der Waals surface area contributed by atoms with E-state index in [0.29, 0.717) is 13.0 Å². The molecule has 0 bridgehead atoms. The van der Waals surface area contributed by atoms with Gasteiger partial charge in [0, 0.05) is 19.0 Å². The molecule has 3 N–H and O–H groups in total. The van der Waals surface area contributed by atoms with E-state index in [0.717, 1.165) is 12.8 Å². The Balaban J connectivity index is 3.20. The van der Waals surface area contributed by atoms with E-state index in [1.165, 1.54) is 77.0 Å². The first-order chi connectivity index (χ1) is 11.2. The lowest BCUT2D eigenvalue weighted by atomic mass is 10.0. The molecule has 0 aromatic rings. The van der Waals surface area contributed by atoms with Gasteiger partial charge < -0.3 is 11.1 Å². The van der Waals surface area contributed by atoms with E-state index in [9.17, 15) is 4.79 Å². The fourth-order valence-electron chi connectivity index (χ4n) is 2.93. The molecule has 1 amide bonds. The van der Waals surface area contributed by atoms with Crippen LogP contribution in [0, 0.1) is 0 Å². The van der Waals surface area contributed by atoms with E-state index in [1.807, 2.05) is 0 Å². The van der Waals surface area contributed by atoms with Crippen molar-refractivity contribution in [3.8, 4) is 0 Å². The van der Waals surface area contributed by atoms with E-state index in [4.69, 9.17) is 5.73 Å². The summed E-state index contributed by atoms with van der Waals surface area (Å²) in [6.45, 7) is 4.87. The molecule has 0 saturated carbocycles. The number of nitrogens with two attached hydrogens (primary N) is 1. The third-order valence-electron chi connectivity index (χ3n) is 4.65. The first-order valence-electron chi connectivity index (χ1n) is 10.2. The summed E-state index contributed by atoms with van der Waals surface area (Å²) >= 11 is 0. The van der Waals surface area contributed by atoms with Crippen molar-refractivity contribution in [2.75, 3.05) is 6.54 Å². The van der Waals surface area contributed by atoms with Gasteiger partial charge in [-0.3, -0.25) is 4.79 Å². The molecule has 3 heteroatoms. The summed E-state index contributed by atoms with van der Waals surface area (Å²) < 4.78 is 0. The SMILES string of the molecule is CCCCCCCCCCCCCCCC(=O)NC(CC)CN. The van der Waals surface area contributed by atoms with Gasteiger partial charge in [0.15, 0.2) is 0 Å². The van der Waals surface area contributed by atoms with Crippen LogP contribution in [0.4, 0.5) is 0 Å². The maximum atomic E-state index is 11.7. The number of hydrogen-bond acceptors (Lipinski definition) is 2. The van der Waals surface area contributed by atoms with Crippen LogP contribution in [0.2, 0.25) is 0 Å². The number of nitrogens with one attached hydrogen (secondary N) is 1. The van der Waals surface area contributed by atoms with Crippen LogP contribution in [-0.2, 0) is 4.79 Å². The molecule has 1 unspecified atom stereocenters. The minimum Gasteiger partial charge on any atom is -0.352 e. The summed E-state index contributed by atoms with van der Waals surface area (Å²) in [4.78, 5) is 11.7. The standard InChI is InChI=1S/C20H42N2O/c1-3-5-6-7-8-9-10-11-12-13-14-15-16-17-20(23)22-19(4-2)18-21/h19H,3-18,21H2,1-2H3,(H,22,23). The van der Waals surface area contributed by atoms with Gasteiger partial charge in [-0.1, -0.05) is 90.9 Å². The highest BCUT2D eigenvalue weighted by molar-refractivity contribution is 5.76. The van der Waals surface area contributed by atoms with Crippen molar-refractivity contribution in [3.63, 3.8) is 0 Å². The second kappa shape index (κ2) is 17.8. The Kier molecular flexibility index (Phi) is 17.3. The number of carbonyl (C=O) groups is 1. The van der Waals surface area contributed by atoms with Gasteiger partial charge in [0.25, 0.3) is 0 Å². The minimum absolute atomic E-state index is 0.157. The lowest BCUT2D eigenvalue weighted by molar-refractivity contribution is -0.121. The van der Waals surface area contributed by atoms with Crippen molar-refractivity contribution < 1.29 is 4.79 Å². The van der Waals surface area contributed by atoms with E-state index < -0.39 is 0 Å². The van der Waals surface area contributed by atoms with Gasteiger partial charge in [0.2, 0.25) is 5.91 Å². The number of hydrogen-bond donors (Lipinski definition) is 2. The summed E-state index contributed by atoms with van der Waals surface area (Å²) in [5.41, 5.74) is 5.59. The van der Waals surface area contributed by atoms with Crippen molar-refractivity contribution in [3.05, 3.63) is 0 Å². The van der Waals surface area contributed by atoms with Crippen LogP contribution in [0.5, 0.6) is 0 Å². The highest BCUT2D eigenvalue weighted by Gasteiger charge is 2.07. The average Bonchev–Trinajstić information content (AvgIpc) is 2.56. The summed E-state index contributed by atoms with van der Waals surface area (Å²) in [6, 6.07) is 0.157. The third kappa shape index (κ3) is 16.1. The molecule has 0 saturated heterocycles. The Morgan fingerprint density at radius 3 is 1.61 bits per heavy atom. The molecule has 3 nitrogen and oxygen atoms in total. The van der Waals surface area contributed by atoms with Crippen LogP contribution in [-0.4, -0.2) is 18.5 Å². The molecule has 0 aliphatic rings. The third-order valence-corrected chi connectivity index (χ3v) is 4.65. The zero-order valence-corrected chi connectivity index (χ0v) is 15.9. The number of unbranched alkanes of at least 4 members (excludes halogenated alkanes) is 12. The zero-order valence-electron chi connectivity index (χ0n) is 15.9. The van der Waals surface area contributed by atoms with Gasteiger partial charge in [0.1, 0.15) is 0 Å². The lowest BCUT2D eigenvalue weighted by Gasteiger charge is -2.14. The molecule has 1 atom stereocenters. The predicted octanol–water partition coefficient (Wildman–Crippen LogP) is 5.32. The van der Waals surface area contributed by atoms with Gasteiger partial charge in [0.05, 0.1) is 0 Å². The fourth-order valence-corrected chi connectivity index (χ4v) is 2.93. The Morgan fingerprint density at radius 2 is 1.22 bits per heavy atom. The zero-order chi connectivity index (χ0) is 17.2. The largest absolute Gasteiger partial charge is 0.352 e. The number of carbonyl (C=O) groups excluding carboxylic acids is 1. The number of amides is 1. The Hall–Kier alpha value is -0.570. The normalized spacial score (nSPS) is 12.3. The van der Waals surface area contributed by atoms with Crippen LogP contribution in [0.15, 0.2) is 0 Å². The van der Waals surface area contributed by atoms with E-state index in [1.54, 1.807) is 0 Å². The maximum Gasteiger partial charge on any atom is 0.220 e. The van der Waals surface area contributed by atoms with Crippen molar-refractivity contribution in [2.24, 2.45) is 5.73 Å².